The van der Waals surface area contributed by atoms with E-state index in [1.807, 2.05) is 0 Å². The van der Waals surface area contributed by atoms with Gasteiger partial charge in [-0.25, -0.2) is 4.79 Å². The summed E-state index contributed by atoms with van der Waals surface area (Å²) in [6, 6.07) is 0. The Labute approximate surface area is 110 Å². The van der Waals surface area contributed by atoms with E-state index in [4.69, 9.17) is 4.74 Å². The summed E-state index contributed by atoms with van der Waals surface area (Å²) < 4.78 is 4.95. The fourth-order valence-electron chi connectivity index (χ4n) is 2.85. The van der Waals surface area contributed by atoms with E-state index in [1.54, 1.807) is 11.8 Å². The van der Waals surface area contributed by atoms with Crippen molar-refractivity contribution in [2.45, 2.75) is 31.6 Å². The van der Waals surface area contributed by atoms with E-state index in [0.717, 1.165) is 0 Å². The molecule has 2 atom stereocenters. The number of aliphatic hydroxyl groups excluding tert-OH is 1. The smallest absolute Gasteiger partial charge is 0.343 e. The highest BCUT2D eigenvalue weighted by molar-refractivity contribution is 5.99. The van der Waals surface area contributed by atoms with Crippen molar-refractivity contribution in [3.63, 3.8) is 0 Å². The summed E-state index contributed by atoms with van der Waals surface area (Å²) in [4.78, 5) is 25.1. The summed E-state index contributed by atoms with van der Waals surface area (Å²) in [7, 11) is 0. The molecule has 0 aromatic heterocycles. The number of Topliss-reactive ketones (excluding diaryl/α,β-unsaturated/α-hetero) is 1. The zero-order chi connectivity index (χ0) is 13.8. The van der Waals surface area contributed by atoms with Crippen LogP contribution in [0.4, 0.5) is 0 Å². The van der Waals surface area contributed by atoms with Crippen LogP contribution in [-0.2, 0) is 14.3 Å². The number of hydrogen-bond donors (Lipinski definition) is 2. The number of carbonyl (C=O) groups is 2. The quantitative estimate of drug-likeness (QED) is 0.620. The minimum atomic E-state index is -1.77. The van der Waals surface area contributed by atoms with Gasteiger partial charge in [-0.2, -0.15) is 0 Å². The topological polar surface area (TPSA) is 87.1 Å². The second kappa shape index (κ2) is 3.91. The molecular weight excluding hydrogens is 250 g/mol. The molecule has 2 N–H and O–H groups in total. The van der Waals surface area contributed by atoms with Gasteiger partial charge in [0, 0.05) is 24.1 Å². The summed E-state index contributed by atoms with van der Waals surface area (Å²) in [6.45, 7) is 2.05. The third-order valence-electron chi connectivity index (χ3n) is 4.06. The van der Waals surface area contributed by atoms with Crippen LogP contribution in [-0.4, -0.2) is 51.8 Å². The number of rotatable bonds is 1. The molecule has 6 nitrogen and oxygen atoms in total. The number of hydrogen-bond acceptors (Lipinski definition) is 6. The van der Waals surface area contributed by atoms with Crippen LogP contribution in [0.5, 0.6) is 0 Å². The largest absolute Gasteiger partial charge is 0.459 e. The van der Waals surface area contributed by atoms with Crippen LogP contribution < -0.4 is 0 Å². The van der Waals surface area contributed by atoms with E-state index in [1.165, 1.54) is 6.08 Å². The highest BCUT2D eigenvalue weighted by atomic mass is 16.6. The van der Waals surface area contributed by atoms with Crippen molar-refractivity contribution in [3.05, 3.63) is 22.9 Å². The highest BCUT2D eigenvalue weighted by Gasteiger charge is 2.49. The van der Waals surface area contributed by atoms with Gasteiger partial charge in [-0.15, -0.1) is 0 Å². The van der Waals surface area contributed by atoms with Crippen molar-refractivity contribution in [1.82, 2.24) is 4.90 Å². The molecule has 0 aliphatic carbocycles. The molecule has 102 valence electrons. The van der Waals surface area contributed by atoms with E-state index in [2.05, 4.69) is 0 Å². The Morgan fingerprint density at radius 3 is 2.95 bits per heavy atom. The van der Waals surface area contributed by atoms with Crippen molar-refractivity contribution < 1.29 is 24.5 Å². The van der Waals surface area contributed by atoms with Crippen LogP contribution in [0.15, 0.2) is 22.9 Å². The van der Waals surface area contributed by atoms with Crippen LogP contribution in [0, 0.1) is 0 Å². The van der Waals surface area contributed by atoms with Gasteiger partial charge >= 0.3 is 5.97 Å². The lowest BCUT2D eigenvalue weighted by Gasteiger charge is -2.40. The Bertz CT molecular complexity index is 535. The number of esters is 1. The molecule has 3 aliphatic rings. The van der Waals surface area contributed by atoms with Gasteiger partial charge in [0.25, 0.3) is 0 Å². The van der Waals surface area contributed by atoms with Gasteiger partial charge in [0.15, 0.2) is 17.6 Å². The Hall–Kier alpha value is -1.66. The predicted molar refractivity (Wildman–Crippen MR) is 63.6 cm³/mol. The van der Waals surface area contributed by atoms with Crippen LogP contribution in [0.25, 0.3) is 0 Å². The number of aliphatic hydroxyl groups is 2. The maximum Gasteiger partial charge on any atom is 0.343 e. The monoisotopic (exact) mass is 265 g/mol. The first-order chi connectivity index (χ1) is 8.99. The van der Waals surface area contributed by atoms with Crippen LogP contribution in [0.3, 0.4) is 0 Å². The van der Waals surface area contributed by atoms with Crippen molar-refractivity contribution >= 4 is 11.8 Å². The molecule has 3 aliphatic heterocycles. The maximum atomic E-state index is 11.8. The predicted octanol–water partition coefficient (Wildman–Crippen LogP) is -0.528. The lowest BCUT2D eigenvalue weighted by atomic mass is 9.82. The molecule has 3 rings (SSSR count). The SMILES string of the molecule is CC[C@@]1(O)C(=O)OCC2=C1C=C1C(=O)CCN1C2O. The first-order valence-corrected chi connectivity index (χ1v) is 6.31. The molecule has 0 aromatic rings. The van der Waals surface area contributed by atoms with Gasteiger partial charge < -0.3 is 19.8 Å². The number of cyclic esters (lactones) is 1. The Morgan fingerprint density at radius 1 is 1.53 bits per heavy atom. The molecular formula is C13H15NO5. The third-order valence-corrected chi connectivity index (χ3v) is 4.06. The summed E-state index contributed by atoms with van der Waals surface area (Å²) in [5.74, 6) is -0.806. The molecule has 1 unspecified atom stereocenters. The zero-order valence-electron chi connectivity index (χ0n) is 10.5. The highest BCUT2D eigenvalue weighted by Crippen LogP contribution is 2.39. The van der Waals surface area contributed by atoms with Gasteiger partial charge in [-0.3, -0.25) is 4.79 Å². The van der Waals surface area contributed by atoms with Gasteiger partial charge in [0.2, 0.25) is 0 Å². The molecule has 6 heteroatoms. The number of allylic oxidation sites excluding steroid dienone is 1. The molecule has 1 saturated heterocycles. The lowest BCUT2D eigenvalue weighted by Crippen LogP contribution is -2.51. The summed E-state index contributed by atoms with van der Waals surface area (Å²) >= 11 is 0. The van der Waals surface area contributed by atoms with E-state index in [9.17, 15) is 19.8 Å². The second-order valence-corrected chi connectivity index (χ2v) is 5.00. The summed E-state index contributed by atoms with van der Waals surface area (Å²) in [5, 5.41) is 20.7. The van der Waals surface area contributed by atoms with Crippen molar-refractivity contribution in [3.8, 4) is 0 Å². The Balaban J connectivity index is 2.15. The van der Waals surface area contributed by atoms with Gasteiger partial charge in [-0.1, -0.05) is 6.92 Å². The van der Waals surface area contributed by atoms with Crippen LogP contribution in [0.1, 0.15) is 19.8 Å². The second-order valence-electron chi connectivity index (χ2n) is 5.00. The Morgan fingerprint density at radius 2 is 2.26 bits per heavy atom. The average molecular weight is 265 g/mol. The zero-order valence-corrected chi connectivity index (χ0v) is 10.5. The number of ether oxygens (including phenoxy) is 1. The van der Waals surface area contributed by atoms with Crippen molar-refractivity contribution in [2.75, 3.05) is 13.2 Å². The first-order valence-electron chi connectivity index (χ1n) is 6.31. The molecule has 0 amide bonds. The fraction of sp³-hybridized carbons (Fsp3) is 0.538. The Kier molecular flexibility index (Phi) is 2.55. The molecule has 3 heterocycles. The number of ketones is 1. The third kappa shape index (κ3) is 1.50. The summed E-state index contributed by atoms with van der Waals surface area (Å²) in [6.07, 6.45) is 0.993. The van der Waals surface area contributed by atoms with Crippen LogP contribution in [0.2, 0.25) is 0 Å². The number of nitrogens with zero attached hydrogens (tertiary/aromatic N) is 1. The first kappa shape index (κ1) is 12.4. The minimum Gasteiger partial charge on any atom is -0.459 e. The molecule has 0 bridgehead atoms. The number of fused-ring (bicyclic) bond motifs is 1. The molecule has 19 heavy (non-hydrogen) atoms. The van der Waals surface area contributed by atoms with Gasteiger partial charge in [0.05, 0.1) is 5.70 Å². The molecule has 0 spiro atoms. The lowest BCUT2D eigenvalue weighted by molar-refractivity contribution is -0.164. The number of carbonyl (C=O) groups excluding carboxylic acids is 2. The minimum absolute atomic E-state index is 0.0495. The van der Waals surface area contributed by atoms with Gasteiger partial charge in [-0.05, 0) is 12.5 Å². The molecule has 0 radical (unpaired) electrons. The molecule has 1 fully saturated rings. The normalized spacial score (nSPS) is 33.9. The van der Waals surface area contributed by atoms with E-state index >= 15 is 0 Å². The van der Waals surface area contributed by atoms with Crippen molar-refractivity contribution in [1.29, 1.82) is 0 Å². The van der Waals surface area contributed by atoms with E-state index in [-0.39, 0.29) is 18.8 Å². The van der Waals surface area contributed by atoms with Crippen LogP contribution >= 0.6 is 0 Å². The fourth-order valence-corrected chi connectivity index (χ4v) is 2.85. The van der Waals surface area contributed by atoms with E-state index in [0.29, 0.717) is 29.8 Å². The average Bonchev–Trinajstić information content (AvgIpc) is 2.77. The van der Waals surface area contributed by atoms with Crippen molar-refractivity contribution in [2.24, 2.45) is 0 Å². The summed E-state index contributed by atoms with van der Waals surface area (Å²) in [5.41, 5.74) is -0.619. The molecule has 0 aromatic carbocycles. The standard InChI is InChI=1S/C13H15NO5/c1-2-13(18)8-5-9-10(15)3-4-14(9)11(16)7(8)6-19-12(13)17/h5,11,16,18H,2-4,6H2,1H3/t11?,13-/m0/s1. The molecule has 0 saturated carbocycles. The van der Waals surface area contributed by atoms with Gasteiger partial charge in [0.1, 0.15) is 6.61 Å². The maximum absolute atomic E-state index is 11.8. The van der Waals surface area contributed by atoms with E-state index < -0.39 is 17.8 Å².